The van der Waals surface area contributed by atoms with Crippen LogP contribution in [0.4, 0.5) is 8.78 Å². The van der Waals surface area contributed by atoms with E-state index in [1.165, 1.54) is 18.9 Å². The molecule has 0 unspecified atom stereocenters. The molecule has 80 valence electrons. The Morgan fingerprint density at radius 2 is 2.00 bits per heavy atom. The van der Waals surface area contributed by atoms with E-state index in [1.54, 1.807) is 0 Å². The van der Waals surface area contributed by atoms with E-state index >= 15 is 0 Å². The lowest BCUT2D eigenvalue weighted by atomic mass is 10.0. The summed E-state index contributed by atoms with van der Waals surface area (Å²) in [6.07, 6.45) is 3.71. The zero-order chi connectivity index (χ0) is 10.8. The van der Waals surface area contributed by atoms with Crippen LogP contribution in [0.25, 0.3) is 0 Å². The summed E-state index contributed by atoms with van der Waals surface area (Å²) in [6, 6.07) is 3.32. The van der Waals surface area contributed by atoms with Crippen LogP contribution in [0.2, 0.25) is 0 Å². The highest BCUT2D eigenvalue weighted by atomic mass is 19.2. The predicted octanol–water partition coefficient (Wildman–Crippen LogP) is 3.34. The number of halogens is 2. The van der Waals surface area contributed by atoms with E-state index in [4.69, 9.17) is 0 Å². The summed E-state index contributed by atoms with van der Waals surface area (Å²) < 4.78 is 25.4. The zero-order valence-corrected chi connectivity index (χ0v) is 8.30. The Kier molecular flexibility index (Phi) is 2.80. The molecule has 0 N–H and O–H groups in total. The number of hydrogen-bond donors (Lipinski definition) is 0. The van der Waals surface area contributed by atoms with Crippen LogP contribution in [0.5, 0.6) is 0 Å². The smallest absolute Gasteiger partial charge is 0.162 e. The largest absolute Gasteiger partial charge is 0.294 e. The van der Waals surface area contributed by atoms with Crippen molar-refractivity contribution >= 4 is 5.78 Å². The summed E-state index contributed by atoms with van der Waals surface area (Å²) in [5.74, 6) is -1.28. The lowest BCUT2D eigenvalue weighted by Crippen LogP contribution is -2.01. The van der Waals surface area contributed by atoms with Crippen LogP contribution in [0, 0.1) is 17.6 Å². The van der Waals surface area contributed by atoms with Gasteiger partial charge in [0.1, 0.15) is 0 Å². The lowest BCUT2D eigenvalue weighted by Gasteiger charge is -2.00. The van der Waals surface area contributed by atoms with Crippen molar-refractivity contribution in [1.82, 2.24) is 0 Å². The molecule has 0 spiro atoms. The van der Waals surface area contributed by atoms with Gasteiger partial charge in [0.25, 0.3) is 0 Å². The quantitative estimate of drug-likeness (QED) is 0.696. The number of benzene rings is 1. The maximum Gasteiger partial charge on any atom is 0.162 e. The molecule has 1 fully saturated rings. The molecule has 3 heteroatoms. The SMILES string of the molecule is O=C(CCC1CC1)c1ccc(F)c(F)c1. The van der Waals surface area contributed by atoms with E-state index in [2.05, 4.69) is 0 Å². The maximum atomic E-state index is 12.8. The van der Waals surface area contributed by atoms with Crippen molar-refractivity contribution in [2.24, 2.45) is 5.92 Å². The average molecular weight is 210 g/mol. The molecule has 1 saturated carbocycles. The molecule has 0 atom stereocenters. The van der Waals surface area contributed by atoms with Crippen LogP contribution < -0.4 is 0 Å². The molecule has 0 radical (unpaired) electrons. The monoisotopic (exact) mass is 210 g/mol. The molecule has 15 heavy (non-hydrogen) atoms. The lowest BCUT2D eigenvalue weighted by molar-refractivity contribution is 0.0977. The van der Waals surface area contributed by atoms with Crippen LogP contribution in [0.1, 0.15) is 36.0 Å². The van der Waals surface area contributed by atoms with E-state index in [0.29, 0.717) is 12.3 Å². The normalized spacial score (nSPS) is 15.3. The Hall–Kier alpha value is -1.25. The molecule has 0 amide bonds. The minimum absolute atomic E-state index is 0.0965. The minimum atomic E-state index is -0.952. The van der Waals surface area contributed by atoms with Crippen LogP contribution >= 0.6 is 0 Å². The summed E-state index contributed by atoms with van der Waals surface area (Å²) in [6.45, 7) is 0. The van der Waals surface area contributed by atoms with Gasteiger partial charge in [0.05, 0.1) is 0 Å². The van der Waals surface area contributed by atoms with E-state index in [-0.39, 0.29) is 11.3 Å². The molecule has 0 aliphatic heterocycles. The third-order valence-corrected chi connectivity index (χ3v) is 2.72. The molecule has 2 rings (SSSR count). The predicted molar refractivity (Wildman–Crippen MR) is 52.6 cm³/mol. The Bertz CT molecular complexity index is 383. The second-order valence-corrected chi connectivity index (χ2v) is 4.03. The fraction of sp³-hybridized carbons (Fsp3) is 0.417. The number of ketones is 1. The van der Waals surface area contributed by atoms with Crippen molar-refractivity contribution in [3.8, 4) is 0 Å². The summed E-state index contributed by atoms with van der Waals surface area (Å²) >= 11 is 0. The maximum absolute atomic E-state index is 12.8. The van der Waals surface area contributed by atoms with Crippen molar-refractivity contribution in [3.05, 3.63) is 35.4 Å². The van der Waals surface area contributed by atoms with Crippen LogP contribution in [0.3, 0.4) is 0 Å². The Morgan fingerprint density at radius 1 is 1.27 bits per heavy atom. The molecular weight excluding hydrogens is 198 g/mol. The van der Waals surface area contributed by atoms with E-state index < -0.39 is 11.6 Å². The first kappa shape index (κ1) is 10.3. The topological polar surface area (TPSA) is 17.1 Å². The van der Waals surface area contributed by atoms with Gasteiger partial charge in [0, 0.05) is 12.0 Å². The first-order valence-corrected chi connectivity index (χ1v) is 5.15. The fourth-order valence-corrected chi connectivity index (χ4v) is 1.56. The molecule has 1 aliphatic carbocycles. The number of carbonyl (C=O) groups is 1. The van der Waals surface area contributed by atoms with E-state index in [9.17, 15) is 13.6 Å². The van der Waals surface area contributed by atoms with Crippen molar-refractivity contribution in [2.45, 2.75) is 25.7 Å². The van der Waals surface area contributed by atoms with Gasteiger partial charge in [0.2, 0.25) is 0 Å². The molecule has 0 aromatic heterocycles. The summed E-state index contributed by atoms with van der Waals surface area (Å²) in [7, 11) is 0. The fourth-order valence-electron chi connectivity index (χ4n) is 1.56. The van der Waals surface area contributed by atoms with Crippen LogP contribution in [-0.2, 0) is 0 Å². The number of hydrogen-bond acceptors (Lipinski definition) is 1. The second kappa shape index (κ2) is 4.09. The van der Waals surface area contributed by atoms with Crippen LogP contribution in [-0.4, -0.2) is 5.78 Å². The van der Waals surface area contributed by atoms with Gasteiger partial charge in [-0.2, -0.15) is 0 Å². The highest BCUT2D eigenvalue weighted by molar-refractivity contribution is 5.96. The third-order valence-electron chi connectivity index (χ3n) is 2.72. The Morgan fingerprint density at radius 3 is 2.60 bits per heavy atom. The highest BCUT2D eigenvalue weighted by Crippen LogP contribution is 2.33. The molecule has 0 saturated heterocycles. The van der Waals surface area contributed by atoms with E-state index in [0.717, 1.165) is 18.6 Å². The molecule has 0 heterocycles. The van der Waals surface area contributed by atoms with Crippen molar-refractivity contribution in [3.63, 3.8) is 0 Å². The first-order chi connectivity index (χ1) is 7.16. The van der Waals surface area contributed by atoms with Gasteiger partial charge in [-0.05, 0) is 30.5 Å². The van der Waals surface area contributed by atoms with Gasteiger partial charge in [-0.25, -0.2) is 8.78 Å². The van der Waals surface area contributed by atoms with Gasteiger partial charge < -0.3 is 0 Å². The zero-order valence-electron chi connectivity index (χ0n) is 8.30. The van der Waals surface area contributed by atoms with Crippen molar-refractivity contribution in [1.29, 1.82) is 0 Å². The first-order valence-electron chi connectivity index (χ1n) is 5.15. The Labute approximate surface area is 87.1 Å². The van der Waals surface area contributed by atoms with Gasteiger partial charge in [-0.15, -0.1) is 0 Å². The number of rotatable bonds is 4. The van der Waals surface area contributed by atoms with Gasteiger partial charge in [-0.1, -0.05) is 12.8 Å². The third kappa shape index (κ3) is 2.61. The standard InChI is InChI=1S/C12H12F2O/c13-10-5-4-9(7-11(10)14)12(15)6-3-8-1-2-8/h4-5,7-8H,1-3,6H2. The summed E-state index contributed by atoms with van der Waals surface area (Å²) in [4.78, 5) is 11.6. The van der Waals surface area contributed by atoms with Gasteiger partial charge >= 0.3 is 0 Å². The molecular formula is C12H12F2O. The summed E-state index contributed by atoms with van der Waals surface area (Å²) in [5.41, 5.74) is 0.273. The van der Waals surface area contributed by atoms with Gasteiger partial charge in [0.15, 0.2) is 17.4 Å². The molecule has 1 aromatic carbocycles. The molecule has 0 bridgehead atoms. The van der Waals surface area contributed by atoms with Crippen molar-refractivity contribution < 1.29 is 13.6 Å². The molecule has 1 aliphatic rings. The average Bonchev–Trinajstić information content (AvgIpc) is 3.02. The molecule has 1 nitrogen and oxygen atoms in total. The number of Topliss-reactive ketones (excluding diaryl/α,β-unsaturated/α-hetero) is 1. The highest BCUT2D eigenvalue weighted by Gasteiger charge is 2.22. The van der Waals surface area contributed by atoms with E-state index in [1.807, 2.05) is 0 Å². The Balaban J connectivity index is 2.00. The van der Waals surface area contributed by atoms with Crippen LogP contribution in [0.15, 0.2) is 18.2 Å². The summed E-state index contributed by atoms with van der Waals surface area (Å²) in [5, 5.41) is 0. The van der Waals surface area contributed by atoms with Crippen molar-refractivity contribution in [2.75, 3.05) is 0 Å². The van der Waals surface area contributed by atoms with Gasteiger partial charge in [-0.3, -0.25) is 4.79 Å². The molecule has 1 aromatic rings. The number of carbonyl (C=O) groups excluding carboxylic acids is 1. The minimum Gasteiger partial charge on any atom is -0.294 e. The second-order valence-electron chi connectivity index (χ2n) is 4.03.